The number of fused-ring (bicyclic) bond motifs is 1. The van der Waals surface area contributed by atoms with E-state index < -0.39 is 6.04 Å². The lowest BCUT2D eigenvalue weighted by Gasteiger charge is -2.37. The summed E-state index contributed by atoms with van der Waals surface area (Å²) < 4.78 is 11.3. The second-order valence-corrected chi connectivity index (χ2v) is 9.20. The van der Waals surface area contributed by atoms with Crippen LogP contribution in [0.25, 0.3) is 0 Å². The van der Waals surface area contributed by atoms with E-state index in [9.17, 15) is 9.59 Å². The number of amides is 2. The number of hydrogen-bond donors (Lipinski definition) is 1. The molecule has 0 radical (unpaired) electrons. The zero-order chi connectivity index (χ0) is 21.8. The minimum absolute atomic E-state index is 0.00103. The van der Waals surface area contributed by atoms with Crippen LogP contribution >= 0.6 is 11.3 Å². The van der Waals surface area contributed by atoms with Crippen molar-refractivity contribution in [3.63, 3.8) is 0 Å². The molecule has 1 aromatic heterocycles. The third-order valence-corrected chi connectivity index (χ3v) is 6.53. The van der Waals surface area contributed by atoms with Crippen LogP contribution in [0.3, 0.4) is 0 Å². The molecule has 166 valence electrons. The van der Waals surface area contributed by atoms with Gasteiger partial charge in [-0.05, 0) is 35.1 Å². The Morgan fingerprint density at radius 1 is 1.06 bits per heavy atom. The quantitative estimate of drug-likeness (QED) is 0.743. The lowest BCUT2D eigenvalue weighted by Crippen LogP contribution is -2.56. The molecule has 1 atom stereocenters. The Hall–Kier alpha value is -2.58. The van der Waals surface area contributed by atoms with E-state index >= 15 is 0 Å². The Morgan fingerprint density at radius 3 is 2.48 bits per heavy atom. The molecule has 2 aliphatic rings. The van der Waals surface area contributed by atoms with E-state index in [1.807, 2.05) is 42.3 Å². The van der Waals surface area contributed by atoms with Gasteiger partial charge in [-0.25, -0.2) is 0 Å². The van der Waals surface area contributed by atoms with Gasteiger partial charge in [0.25, 0.3) is 5.91 Å². The van der Waals surface area contributed by atoms with Crippen molar-refractivity contribution in [2.24, 2.45) is 5.92 Å². The average molecular weight is 444 g/mol. The maximum absolute atomic E-state index is 13.1. The van der Waals surface area contributed by atoms with E-state index in [-0.39, 0.29) is 17.7 Å². The number of ether oxygens (including phenoxy) is 2. The van der Waals surface area contributed by atoms with Crippen molar-refractivity contribution in [2.45, 2.75) is 26.4 Å². The molecular weight excluding hydrogens is 414 g/mol. The van der Waals surface area contributed by atoms with E-state index in [1.165, 1.54) is 16.9 Å². The van der Waals surface area contributed by atoms with Gasteiger partial charge in [-0.15, -0.1) is 11.3 Å². The first-order valence-corrected chi connectivity index (χ1v) is 11.6. The molecule has 1 saturated heterocycles. The monoisotopic (exact) mass is 443 g/mol. The van der Waals surface area contributed by atoms with Crippen LogP contribution in [0.4, 0.5) is 0 Å². The number of piperazine rings is 1. The summed E-state index contributed by atoms with van der Waals surface area (Å²) in [6.45, 7) is 8.81. The van der Waals surface area contributed by atoms with Crippen molar-refractivity contribution < 1.29 is 19.1 Å². The van der Waals surface area contributed by atoms with Crippen LogP contribution in [0.15, 0.2) is 35.7 Å². The molecule has 8 heteroatoms. The van der Waals surface area contributed by atoms with Gasteiger partial charge >= 0.3 is 0 Å². The lowest BCUT2D eigenvalue weighted by molar-refractivity contribution is -0.136. The largest absolute Gasteiger partial charge is 0.486 e. The van der Waals surface area contributed by atoms with Crippen LogP contribution < -0.4 is 14.8 Å². The summed E-state index contributed by atoms with van der Waals surface area (Å²) in [5.41, 5.74) is 1.17. The highest BCUT2D eigenvalue weighted by Gasteiger charge is 2.31. The summed E-state index contributed by atoms with van der Waals surface area (Å²) >= 11 is 1.38. The number of nitrogens with one attached hydrogen (secondary N) is 1. The molecule has 2 aliphatic heterocycles. The minimum Gasteiger partial charge on any atom is -0.486 e. The van der Waals surface area contributed by atoms with Crippen LogP contribution in [0.1, 0.15) is 29.1 Å². The molecule has 0 saturated carbocycles. The average Bonchev–Trinajstić information content (AvgIpc) is 3.32. The Morgan fingerprint density at radius 2 is 1.81 bits per heavy atom. The van der Waals surface area contributed by atoms with Crippen molar-refractivity contribution in [1.82, 2.24) is 15.1 Å². The Balaban J connectivity index is 1.31. The highest BCUT2D eigenvalue weighted by Crippen LogP contribution is 2.31. The maximum atomic E-state index is 13.1. The highest BCUT2D eigenvalue weighted by atomic mass is 32.1. The van der Waals surface area contributed by atoms with E-state index in [0.717, 1.165) is 31.1 Å². The van der Waals surface area contributed by atoms with Crippen molar-refractivity contribution >= 4 is 23.2 Å². The summed E-state index contributed by atoms with van der Waals surface area (Å²) in [4.78, 5) is 30.4. The molecule has 1 unspecified atom stereocenters. The van der Waals surface area contributed by atoms with E-state index in [1.54, 1.807) is 6.07 Å². The summed E-state index contributed by atoms with van der Waals surface area (Å²) in [5, 5.41) is 4.80. The van der Waals surface area contributed by atoms with Crippen molar-refractivity contribution in [3.8, 4) is 11.5 Å². The SMILES string of the molecule is CC(C)C(NC(=O)c1cccs1)C(=O)N1CCN(Cc2ccc3c(c2)OCCO3)CC1. The molecule has 1 aromatic carbocycles. The first-order chi connectivity index (χ1) is 15.0. The van der Waals surface area contributed by atoms with Crippen molar-refractivity contribution in [1.29, 1.82) is 0 Å². The molecule has 3 heterocycles. The van der Waals surface area contributed by atoms with Gasteiger partial charge in [0.2, 0.25) is 5.91 Å². The van der Waals surface area contributed by atoms with Crippen LogP contribution in [0.2, 0.25) is 0 Å². The predicted octanol–water partition coefficient (Wildman–Crippen LogP) is 2.62. The molecule has 31 heavy (non-hydrogen) atoms. The van der Waals surface area contributed by atoms with Crippen LogP contribution in [-0.2, 0) is 11.3 Å². The molecular formula is C23H29N3O4S. The van der Waals surface area contributed by atoms with Gasteiger partial charge in [-0.1, -0.05) is 26.0 Å². The zero-order valence-electron chi connectivity index (χ0n) is 18.0. The maximum Gasteiger partial charge on any atom is 0.262 e. The van der Waals surface area contributed by atoms with Gasteiger partial charge < -0.3 is 19.7 Å². The number of rotatable bonds is 6. The number of benzene rings is 1. The number of thiophene rings is 1. The van der Waals surface area contributed by atoms with Crippen LogP contribution in [0, 0.1) is 5.92 Å². The topological polar surface area (TPSA) is 71.1 Å². The van der Waals surface area contributed by atoms with E-state index in [4.69, 9.17) is 9.47 Å². The van der Waals surface area contributed by atoms with Gasteiger partial charge in [-0.3, -0.25) is 14.5 Å². The second-order valence-electron chi connectivity index (χ2n) is 8.25. The predicted molar refractivity (Wildman–Crippen MR) is 120 cm³/mol. The smallest absolute Gasteiger partial charge is 0.262 e. The molecule has 7 nitrogen and oxygen atoms in total. The third kappa shape index (κ3) is 5.19. The Kier molecular flexibility index (Phi) is 6.77. The zero-order valence-corrected chi connectivity index (χ0v) is 18.8. The van der Waals surface area contributed by atoms with Gasteiger partial charge in [0.15, 0.2) is 11.5 Å². The lowest BCUT2D eigenvalue weighted by atomic mass is 10.0. The number of hydrogen-bond acceptors (Lipinski definition) is 6. The summed E-state index contributed by atoms with van der Waals surface area (Å²) in [7, 11) is 0. The fourth-order valence-electron chi connectivity index (χ4n) is 3.90. The standard InChI is InChI=1S/C23H29N3O4S/c1-16(2)21(24-22(27)20-4-3-13-31-20)23(28)26-9-7-25(8-10-26)15-17-5-6-18-19(14-17)30-12-11-29-18/h3-6,13-14,16,21H,7-12,15H2,1-2H3,(H,24,27). The minimum atomic E-state index is -0.515. The molecule has 2 aromatic rings. The number of nitrogens with zero attached hydrogens (tertiary/aromatic N) is 2. The molecule has 1 fully saturated rings. The summed E-state index contributed by atoms with van der Waals surface area (Å²) in [6, 6.07) is 9.18. The highest BCUT2D eigenvalue weighted by molar-refractivity contribution is 7.12. The molecule has 0 spiro atoms. The van der Waals surface area contributed by atoms with Gasteiger partial charge in [0.1, 0.15) is 19.3 Å². The molecule has 4 rings (SSSR count). The molecule has 0 aliphatic carbocycles. The first kappa shape index (κ1) is 21.6. The van der Waals surface area contributed by atoms with Gasteiger partial charge in [0.05, 0.1) is 4.88 Å². The third-order valence-electron chi connectivity index (χ3n) is 5.66. The summed E-state index contributed by atoms with van der Waals surface area (Å²) in [5.74, 6) is 1.44. The van der Waals surface area contributed by atoms with Crippen molar-refractivity contribution in [2.75, 3.05) is 39.4 Å². The molecule has 2 amide bonds. The van der Waals surface area contributed by atoms with Crippen molar-refractivity contribution in [3.05, 3.63) is 46.2 Å². The number of carbonyl (C=O) groups is 2. The Labute approximate surface area is 186 Å². The Bertz CT molecular complexity index is 908. The fourth-order valence-corrected chi connectivity index (χ4v) is 4.53. The second kappa shape index (κ2) is 9.70. The number of carbonyl (C=O) groups excluding carboxylic acids is 2. The van der Waals surface area contributed by atoms with Crippen LogP contribution in [0.5, 0.6) is 11.5 Å². The van der Waals surface area contributed by atoms with E-state index in [2.05, 4.69) is 16.3 Å². The summed E-state index contributed by atoms with van der Waals surface area (Å²) in [6.07, 6.45) is 0. The van der Waals surface area contributed by atoms with Gasteiger partial charge in [0, 0.05) is 32.7 Å². The molecule has 1 N–H and O–H groups in total. The van der Waals surface area contributed by atoms with Crippen LogP contribution in [-0.4, -0.2) is 67.0 Å². The first-order valence-electron chi connectivity index (χ1n) is 10.8. The van der Waals surface area contributed by atoms with Gasteiger partial charge in [-0.2, -0.15) is 0 Å². The fraction of sp³-hybridized carbons (Fsp3) is 0.478. The molecule has 0 bridgehead atoms. The normalized spacial score (nSPS) is 17.5. The van der Waals surface area contributed by atoms with E-state index in [0.29, 0.717) is 31.2 Å².